The molecule has 0 radical (unpaired) electrons. The second-order valence-electron chi connectivity index (χ2n) is 13.3. The Morgan fingerprint density at radius 2 is 1.02 bits per heavy atom. The van der Waals surface area contributed by atoms with Crippen LogP contribution in [0.15, 0.2) is 142 Å². The molecule has 4 nitrogen and oxygen atoms in total. The molecule has 7 heteroatoms. The molecule has 0 amide bonds. The smallest absolute Gasteiger partial charge is 0.456 e. The Morgan fingerprint density at radius 1 is 0.560 bits per heavy atom. The Bertz CT molecular complexity index is 2440. The summed E-state index contributed by atoms with van der Waals surface area (Å²) < 4.78 is 40.0. The van der Waals surface area contributed by atoms with E-state index in [9.17, 15) is 4.39 Å². The summed E-state index contributed by atoms with van der Waals surface area (Å²) in [6.45, 7) is 8.27. The molecule has 1 saturated heterocycles. The fraction of sp³-hybridized carbons (Fsp3) is 0.163. The quantitative estimate of drug-likeness (QED) is 0.174. The van der Waals surface area contributed by atoms with Crippen molar-refractivity contribution in [2.24, 2.45) is 0 Å². The van der Waals surface area contributed by atoms with Gasteiger partial charge in [-0.15, -0.1) is 0 Å². The zero-order valence-electron chi connectivity index (χ0n) is 29.4. The molecule has 2 aromatic heterocycles. The van der Waals surface area contributed by atoms with Gasteiger partial charge in [0.25, 0.3) is 0 Å². The van der Waals surface area contributed by atoms with Gasteiger partial charge < -0.3 is 18.1 Å². The van der Waals surface area contributed by atoms with Crippen molar-refractivity contribution in [1.29, 1.82) is 0 Å². The average Bonchev–Trinajstić information content (AvgIpc) is 3.76. The molecule has 0 bridgehead atoms. The van der Waals surface area contributed by atoms with Crippen LogP contribution >= 0.6 is 11.6 Å². The van der Waals surface area contributed by atoms with Gasteiger partial charge in [-0.3, -0.25) is 4.39 Å². The first kappa shape index (κ1) is 32.3. The van der Waals surface area contributed by atoms with E-state index in [-0.39, 0.29) is 11.2 Å². The highest BCUT2D eigenvalue weighted by Gasteiger charge is 2.51. The molecule has 8 aromatic rings. The largest absolute Gasteiger partial charge is 0.494 e. The van der Waals surface area contributed by atoms with Gasteiger partial charge in [0, 0.05) is 32.6 Å². The summed E-state index contributed by atoms with van der Waals surface area (Å²) in [5.74, 6) is 0. The fourth-order valence-corrected chi connectivity index (χ4v) is 6.65. The van der Waals surface area contributed by atoms with E-state index >= 15 is 0 Å². The lowest BCUT2D eigenvalue weighted by molar-refractivity contribution is 0.00578. The maximum atomic E-state index is 9.96. The summed E-state index contributed by atoms with van der Waals surface area (Å²) in [6.07, 6.45) is 0. The second kappa shape index (κ2) is 13.4. The lowest BCUT2D eigenvalue weighted by Gasteiger charge is -2.32. The van der Waals surface area contributed by atoms with Crippen LogP contribution in [0, 0.1) is 0 Å². The van der Waals surface area contributed by atoms with Crippen molar-refractivity contribution in [3.05, 3.63) is 138 Å². The highest BCUT2D eigenvalue weighted by atomic mass is 35.5. The number of hydrogen-bond donors (Lipinski definition) is 0. The highest BCUT2D eigenvalue weighted by molar-refractivity contribution is 6.62. The minimum absolute atomic E-state index is 0.360. The van der Waals surface area contributed by atoms with Crippen LogP contribution in [0.25, 0.3) is 66.1 Å². The van der Waals surface area contributed by atoms with Crippen LogP contribution < -0.4 is 5.46 Å². The van der Waals surface area contributed by atoms with E-state index in [0.717, 1.165) is 49.3 Å². The van der Waals surface area contributed by atoms with Crippen LogP contribution in [0.1, 0.15) is 29.1 Å². The molecule has 1 aliphatic heterocycles. The topological polar surface area (TPSA) is 44.7 Å². The number of furan rings is 2. The third kappa shape index (κ3) is 6.09. The Kier molecular flexibility index (Phi) is 8.70. The summed E-state index contributed by atoms with van der Waals surface area (Å²) in [6, 6.07) is 45.2. The number of rotatable bonds is 3. The van der Waals surface area contributed by atoms with Crippen LogP contribution in [0.5, 0.6) is 0 Å². The molecular weight excluding hydrogens is 646 g/mol. The molecule has 250 valence electrons. The molecule has 3 heterocycles. The van der Waals surface area contributed by atoms with Gasteiger partial charge in [0.15, 0.2) is 0 Å². The van der Waals surface area contributed by atoms with Crippen molar-refractivity contribution in [2.75, 3.05) is 7.15 Å². The molecule has 1 fully saturated rings. The van der Waals surface area contributed by atoms with E-state index in [1.165, 1.54) is 22.3 Å². The zero-order valence-corrected chi connectivity index (χ0v) is 29.1. The first-order valence-electron chi connectivity index (χ1n) is 17.2. The molecule has 0 N–H and O–H groups in total. The summed E-state index contributed by atoms with van der Waals surface area (Å²) in [5, 5.41) is 5.19. The van der Waals surface area contributed by atoms with Gasteiger partial charge in [-0.05, 0) is 85.7 Å². The van der Waals surface area contributed by atoms with Gasteiger partial charge in [0.1, 0.15) is 22.3 Å². The molecule has 1 aliphatic rings. The number of alkyl halides is 1. The van der Waals surface area contributed by atoms with Gasteiger partial charge in [-0.2, -0.15) is 0 Å². The minimum Gasteiger partial charge on any atom is -0.456 e. The van der Waals surface area contributed by atoms with E-state index in [2.05, 4.69) is 88.4 Å². The minimum atomic E-state index is -1.00. The number of halogens is 2. The second-order valence-corrected chi connectivity index (χ2v) is 13.7. The fourth-order valence-electron chi connectivity index (χ4n) is 6.48. The first-order chi connectivity index (χ1) is 24.6. The number of benzene rings is 6. The van der Waals surface area contributed by atoms with Gasteiger partial charge in [-0.25, -0.2) is 0 Å². The van der Waals surface area contributed by atoms with Crippen LogP contribution in [0.4, 0.5) is 4.39 Å². The van der Waals surface area contributed by atoms with Gasteiger partial charge in [0.05, 0.1) is 19.7 Å². The van der Waals surface area contributed by atoms with Crippen LogP contribution in [-0.2, 0) is 9.31 Å². The SMILES string of the molecule is CC1(C)OB(c2ccc3c(c2)oc2cccc(-c4ccccc4)c23)OC1(C)C.Clc1ccc2c(c1)oc1cccc(-c3ccccc3)c12.[2H]CF. The lowest BCUT2D eigenvalue weighted by Crippen LogP contribution is -2.41. The molecule has 6 aromatic carbocycles. The number of hydrogen-bond acceptors (Lipinski definition) is 4. The standard InChI is InChI=1S/C24H23BO3.C18H11ClO.CH3F/c1-23(2)24(3,4)28-25(27-23)17-13-14-19-21(15-17)26-20-12-8-11-18(22(19)20)16-9-6-5-7-10-16;19-13-9-10-15-17(11-13)20-16-8-4-7-14(18(15)16)12-5-2-1-3-6-12;1-2/h5-15H,1-4H3;1-11H;1H3/i;;1D. The molecule has 0 spiro atoms. The van der Waals surface area contributed by atoms with Gasteiger partial charge in [-0.1, -0.05) is 109 Å². The van der Waals surface area contributed by atoms with Crippen molar-refractivity contribution in [2.45, 2.75) is 38.9 Å². The monoisotopic (exact) mass is 683 g/mol. The molecular formula is C43H37BClFO4. The Balaban J connectivity index is 0.000000155. The van der Waals surface area contributed by atoms with Crippen molar-refractivity contribution in [3.8, 4) is 22.3 Å². The van der Waals surface area contributed by atoms with E-state index in [0.29, 0.717) is 5.02 Å². The Labute approximate surface area is 297 Å². The molecule has 0 unspecified atom stereocenters. The summed E-state index contributed by atoms with van der Waals surface area (Å²) in [4.78, 5) is 0. The van der Waals surface area contributed by atoms with Crippen molar-refractivity contribution >= 4 is 68.1 Å². The predicted octanol–water partition coefficient (Wildman–Crippen LogP) is 12.0. The molecule has 9 rings (SSSR count). The maximum absolute atomic E-state index is 9.96. The molecule has 0 saturated carbocycles. The Hall–Kier alpha value is -4.88. The van der Waals surface area contributed by atoms with Gasteiger partial charge >= 0.3 is 7.12 Å². The zero-order chi connectivity index (χ0) is 35.8. The van der Waals surface area contributed by atoms with E-state index in [4.69, 9.17) is 31.1 Å². The van der Waals surface area contributed by atoms with Gasteiger partial charge in [0.2, 0.25) is 0 Å². The predicted molar refractivity (Wildman–Crippen MR) is 206 cm³/mol. The van der Waals surface area contributed by atoms with Crippen LogP contribution in [-0.4, -0.2) is 25.5 Å². The molecule has 0 atom stereocenters. The first-order valence-corrected chi connectivity index (χ1v) is 16.9. The van der Waals surface area contributed by atoms with E-state index in [1.54, 1.807) is 0 Å². The van der Waals surface area contributed by atoms with Crippen LogP contribution in [0.2, 0.25) is 5.02 Å². The number of fused-ring (bicyclic) bond motifs is 6. The normalized spacial score (nSPS) is 15.1. The summed E-state index contributed by atoms with van der Waals surface area (Å²) in [7, 11) is -1.39. The highest BCUT2D eigenvalue weighted by Crippen LogP contribution is 2.40. The maximum Gasteiger partial charge on any atom is 0.494 e. The molecule has 50 heavy (non-hydrogen) atoms. The average molecular weight is 684 g/mol. The summed E-state index contributed by atoms with van der Waals surface area (Å²) >= 11 is 6.04. The third-order valence-electron chi connectivity index (χ3n) is 9.68. The van der Waals surface area contributed by atoms with Crippen LogP contribution in [0.3, 0.4) is 0 Å². The van der Waals surface area contributed by atoms with E-state index in [1.807, 2.05) is 72.8 Å². The van der Waals surface area contributed by atoms with Crippen molar-refractivity contribution in [1.82, 2.24) is 0 Å². The molecule has 0 aliphatic carbocycles. The lowest BCUT2D eigenvalue weighted by atomic mass is 9.79. The third-order valence-corrected chi connectivity index (χ3v) is 9.91. The van der Waals surface area contributed by atoms with Crippen molar-refractivity contribution < 1.29 is 23.9 Å². The summed E-state index contributed by atoms with van der Waals surface area (Å²) in [5.41, 5.74) is 8.46. The Morgan fingerprint density at radius 3 is 1.52 bits per heavy atom. The van der Waals surface area contributed by atoms with E-state index < -0.39 is 14.3 Å². The van der Waals surface area contributed by atoms with Crippen molar-refractivity contribution in [3.63, 3.8) is 0 Å².